The Balaban J connectivity index is 3.62. The van der Waals surface area contributed by atoms with Gasteiger partial charge < -0.3 is 10.2 Å². The Morgan fingerprint density at radius 3 is 1.76 bits per heavy atom. The van der Waals surface area contributed by atoms with Gasteiger partial charge in [-0.2, -0.15) is 0 Å². The topological polar surface area (TPSA) is 40.5 Å². The first-order chi connectivity index (χ1) is 7.41. The number of alkyl halides is 6. The number of rotatable bonds is 1. The van der Waals surface area contributed by atoms with Crippen LogP contribution in [0, 0.1) is 0 Å². The van der Waals surface area contributed by atoms with Gasteiger partial charge in [-0.25, -0.2) is 0 Å². The highest BCUT2D eigenvalue weighted by Gasteiger charge is 2.74. The maximum absolute atomic E-state index is 10.3. The van der Waals surface area contributed by atoms with Crippen LogP contribution in [0.25, 0.3) is 0 Å². The first-order valence-corrected chi connectivity index (χ1v) is 7.06. The lowest BCUT2D eigenvalue weighted by Crippen LogP contribution is -2.52. The Hall–Kier alpha value is 1.98. The molecule has 1 aliphatic rings. The predicted molar refractivity (Wildman–Crippen MR) is 74.1 cm³/mol. The molecule has 0 unspecified atom stereocenters. The van der Waals surface area contributed by atoms with E-state index in [-0.39, 0.29) is 0 Å². The van der Waals surface area contributed by atoms with Gasteiger partial charge >= 0.3 is 0 Å². The molecule has 2 atom stereocenters. The second-order valence-corrected chi connectivity index (χ2v) is 8.17. The molecule has 0 aromatic heterocycles. The number of hydrogen-bond donors (Lipinski definition) is 2. The molecule has 1 aliphatic carbocycles. The van der Waals surface area contributed by atoms with Crippen molar-refractivity contribution in [2.75, 3.05) is 0 Å². The Bertz CT molecular complexity index is 361. The summed E-state index contributed by atoms with van der Waals surface area (Å²) in [7, 11) is 0. The van der Waals surface area contributed by atoms with Gasteiger partial charge in [0.15, 0.2) is 14.3 Å². The summed E-state index contributed by atoms with van der Waals surface area (Å²) in [5.74, 6) is 0. The minimum Gasteiger partial charge on any atom is -0.386 e. The molecular weight excluding hydrogens is 400 g/mol. The fraction of sp³-hybridized carbons (Fsp3) is 0.714. The summed E-state index contributed by atoms with van der Waals surface area (Å²) in [6, 6.07) is 0. The van der Waals surface area contributed by atoms with E-state index >= 15 is 0 Å². The molecule has 0 amide bonds. The Morgan fingerprint density at radius 1 is 1.12 bits per heavy atom. The standard InChI is InChI=1S/C7H4Cl8O2/c8-2(9)1-5(17,4(10)11)7(14,15)3(16)6(1,12)13/h3-4,16-17H/t3-,5+/m1/s1. The molecule has 1 saturated carbocycles. The van der Waals surface area contributed by atoms with E-state index in [2.05, 4.69) is 0 Å². The largest absolute Gasteiger partial charge is 0.386 e. The highest BCUT2D eigenvalue weighted by Crippen LogP contribution is 2.63. The first-order valence-electron chi connectivity index (χ1n) is 3.92. The van der Waals surface area contributed by atoms with Gasteiger partial charge in [0, 0.05) is 5.57 Å². The van der Waals surface area contributed by atoms with Crippen LogP contribution in [-0.2, 0) is 0 Å². The summed E-state index contributed by atoms with van der Waals surface area (Å²) in [6.45, 7) is 0. The van der Waals surface area contributed by atoms with Crippen LogP contribution in [0.15, 0.2) is 10.1 Å². The van der Waals surface area contributed by atoms with Crippen molar-refractivity contribution in [1.29, 1.82) is 0 Å². The molecule has 0 saturated heterocycles. The maximum Gasteiger partial charge on any atom is 0.182 e. The van der Waals surface area contributed by atoms with Crippen molar-refractivity contribution in [3.8, 4) is 0 Å². The summed E-state index contributed by atoms with van der Waals surface area (Å²) < 4.78 is -4.94. The van der Waals surface area contributed by atoms with Gasteiger partial charge in [-0.1, -0.05) is 69.6 Å². The van der Waals surface area contributed by atoms with Gasteiger partial charge in [0.05, 0.1) is 0 Å². The number of aliphatic hydroxyl groups excluding tert-OH is 1. The third kappa shape index (κ3) is 2.27. The van der Waals surface area contributed by atoms with Crippen molar-refractivity contribution in [2.24, 2.45) is 0 Å². The van der Waals surface area contributed by atoms with Gasteiger partial charge in [0.25, 0.3) is 0 Å². The van der Waals surface area contributed by atoms with E-state index in [1.165, 1.54) is 0 Å². The van der Waals surface area contributed by atoms with Crippen molar-refractivity contribution < 1.29 is 10.2 Å². The highest BCUT2D eigenvalue weighted by atomic mass is 35.5. The fourth-order valence-corrected chi connectivity index (χ4v) is 4.85. The molecule has 0 heterocycles. The second-order valence-electron chi connectivity index (χ2n) is 3.35. The third-order valence-corrected chi connectivity index (χ3v) is 5.20. The molecule has 100 valence electrons. The summed E-state index contributed by atoms with van der Waals surface area (Å²) in [4.78, 5) is -1.57. The summed E-state index contributed by atoms with van der Waals surface area (Å²) in [6.07, 6.45) is -1.81. The quantitative estimate of drug-likeness (QED) is 0.651. The molecule has 2 N–H and O–H groups in total. The molecular formula is C7H4Cl8O2. The molecule has 10 heteroatoms. The number of aliphatic hydroxyl groups is 2. The molecule has 2 nitrogen and oxygen atoms in total. The van der Waals surface area contributed by atoms with Crippen LogP contribution in [0.2, 0.25) is 0 Å². The fourth-order valence-electron chi connectivity index (χ4n) is 1.52. The van der Waals surface area contributed by atoms with Gasteiger partial charge in [-0.15, -0.1) is 23.2 Å². The monoisotopic (exact) mass is 400 g/mol. The van der Waals surface area contributed by atoms with E-state index < -0.39 is 35.3 Å². The summed E-state index contributed by atoms with van der Waals surface area (Å²) >= 11 is 45.6. The van der Waals surface area contributed by atoms with E-state index in [0.717, 1.165) is 0 Å². The minimum atomic E-state index is -2.40. The normalized spacial score (nSPS) is 35.5. The molecule has 0 aliphatic heterocycles. The molecule has 1 rings (SSSR count). The van der Waals surface area contributed by atoms with Crippen LogP contribution in [0.4, 0.5) is 0 Å². The number of hydrogen-bond acceptors (Lipinski definition) is 2. The van der Waals surface area contributed by atoms with E-state index in [0.29, 0.717) is 0 Å². The Morgan fingerprint density at radius 2 is 1.53 bits per heavy atom. The van der Waals surface area contributed by atoms with Gasteiger partial charge in [0.1, 0.15) is 15.4 Å². The Kier molecular flexibility index (Phi) is 5.08. The smallest absolute Gasteiger partial charge is 0.182 e. The second kappa shape index (κ2) is 5.07. The zero-order chi connectivity index (χ0) is 13.8. The van der Waals surface area contributed by atoms with Crippen molar-refractivity contribution in [3.05, 3.63) is 10.1 Å². The van der Waals surface area contributed by atoms with Gasteiger partial charge in [-0.3, -0.25) is 0 Å². The highest BCUT2D eigenvalue weighted by molar-refractivity contribution is 6.62. The van der Waals surface area contributed by atoms with Crippen LogP contribution in [0.5, 0.6) is 0 Å². The van der Waals surface area contributed by atoms with Crippen LogP contribution < -0.4 is 0 Å². The molecule has 0 spiro atoms. The van der Waals surface area contributed by atoms with E-state index in [1.807, 2.05) is 0 Å². The minimum absolute atomic E-state index is 0.454. The lowest BCUT2D eigenvalue weighted by molar-refractivity contribution is 0.0554. The summed E-state index contributed by atoms with van der Waals surface area (Å²) in [5.41, 5.74) is -2.86. The van der Waals surface area contributed by atoms with Crippen LogP contribution in [0.3, 0.4) is 0 Å². The van der Waals surface area contributed by atoms with Crippen molar-refractivity contribution in [3.63, 3.8) is 0 Å². The van der Waals surface area contributed by atoms with E-state index in [1.54, 1.807) is 0 Å². The third-order valence-electron chi connectivity index (χ3n) is 2.41. The SMILES string of the molecule is O[C@@H]1C(Cl)(Cl)C(=C(Cl)Cl)[C@](O)(C(Cl)Cl)C1(Cl)Cl. The molecule has 0 aromatic rings. The zero-order valence-corrected chi connectivity index (χ0v) is 13.6. The van der Waals surface area contributed by atoms with E-state index in [9.17, 15) is 10.2 Å². The van der Waals surface area contributed by atoms with E-state index in [4.69, 9.17) is 92.8 Å². The zero-order valence-electron chi connectivity index (χ0n) is 7.57. The van der Waals surface area contributed by atoms with Crippen molar-refractivity contribution in [1.82, 2.24) is 0 Å². The Labute approximate surface area is 137 Å². The van der Waals surface area contributed by atoms with Crippen LogP contribution in [-0.4, -0.2) is 35.4 Å². The molecule has 0 radical (unpaired) electrons. The predicted octanol–water partition coefficient (Wildman–Crippen LogP) is 3.93. The lowest BCUT2D eigenvalue weighted by Gasteiger charge is -2.35. The van der Waals surface area contributed by atoms with Crippen molar-refractivity contribution in [2.45, 2.75) is 25.2 Å². The first kappa shape index (κ1) is 17.0. The number of halogens is 8. The average Bonchev–Trinajstić information content (AvgIpc) is 2.23. The van der Waals surface area contributed by atoms with Gasteiger partial charge in [0.2, 0.25) is 0 Å². The maximum atomic E-state index is 10.3. The van der Waals surface area contributed by atoms with Crippen LogP contribution >= 0.6 is 92.8 Å². The van der Waals surface area contributed by atoms with Crippen molar-refractivity contribution >= 4 is 92.8 Å². The van der Waals surface area contributed by atoms with Gasteiger partial charge in [-0.05, 0) is 0 Å². The molecule has 0 aromatic carbocycles. The average molecular weight is 404 g/mol. The van der Waals surface area contributed by atoms with Crippen LogP contribution in [0.1, 0.15) is 0 Å². The molecule has 0 bridgehead atoms. The summed E-state index contributed by atoms with van der Waals surface area (Å²) in [5, 5.41) is 20.2. The molecule has 17 heavy (non-hydrogen) atoms. The lowest BCUT2D eigenvalue weighted by atomic mass is 9.99. The molecule has 1 fully saturated rings.